The van der Waals surface area contributed by atoms with Gasteiger partial charge in [-0.25, -0.2) is 0 Å². The number of benzene rings is 3. The van der Waals surface area contributed by atoms with E-state index in [9.17, 15) is 14.6 Å². The van der Waals surface area contributed by atoms with E-state index in [0.717, 1.165) is 16.2 Å². The predicted molar refractivity (Wildman–Crippen MR) is 88.3 cm³/mol. The van der Waals surface area contributed by atoms with Crippen LogP contribution >= 0.6 is 7.60 Å². The van der Waals surface area contributed by atoms with Gasteiger partial charge in [-0.05, 0) is 29.3 Å². The number of hydrogen-bond donors (Lipinski definition) is 2. The van der Waals surface area contributed by atoms with Gasteiger partial charge in [0.25, 0.3) is 0 Å². The minimum absolute atomic E-state index is 0.121. The highest BCUT2D eigenvalue weighted by molar-refractivity contribution is 7.52. The van der Waals surface area contributed by atoms with Crippen molar-refractivity contribution in [3.05, 3.63) is 54.1 Å². The van der Waals surface area contributed by atoms with Crippen molar-refractivity contribution < 1.29 is 19.1 Å². The van der Waals surface area contributed by atoms with Crippen LogP contribution in [0, 0.1) is 0 Å². The van der Waals surface area contributed by atoms with Crippen molar-refractivity contribution in [2.75, 3.05) is 6.61 Å². The van der Waals surface area contributed by atoms with E-state index in [1.165, 1.54) is 0 Å². The summed E-state index contributed by atoms with van der Waals surface area (Å²) in [6.07, 6.45) is -0.121. The highest BCUT2D eigenvalue weighted by Gasteiger charge is 2.22. The normalized spacial score (nSPS) is 14.3. The van der Waals surface area contributed by atoms with Gasteiger partial charge in [0.2, 0.25) is 0 Å². The summed E-state index contributed by atoms with van der Waals surface area (Å²) in [5.74, 6) is 0.139. The number of hydrogen-bond acceptors (Lipinski definition) is 3. The summed E-state index contributed by atoms with van der Waals surface area (Å²) in [4.78, 5) is 9.88. The molecular formula is C17H17O4P. The van der Waals surface area contributed by atoms with Crippen LogP contribution in [0.3, 0.4) is 0 Å². The SMILES string of the molecule is CCOP(=O)(O)Cc1cccc2cc3ccccc3c(O)c12. The third-order valence-corrected chi connectivity index (χ3v) is 5.05. The van der Waals surface area contributed by atoms with E-state index >= 15 is 0 Å². The summed E-state index contributed by atoms with van der Waals surface area (Å²) in [6, 6.07) is 14.9. The van der Waals surface area contributed by atoms with E-state index in [4.69, 9.17) is 4.52 Å². The maximum atomic E-state index is 12.1. The fourth-order valence-electron chi connectivity index (χ4n) is 2.76. The molecule has 1 unspecified atom stereocenters. The minimum atomic E-state index is -3.71. The first-order valence-corrected chi connectivity index (χ1v) is 8.87. The molecule has 0 heterocycles. The maximum absolute atomic E-state index is 12.1. The molecule has 2 N–H and O–H groups in total. The molecule has 5 heteroatoms. The summed E-state index contributed by atoms with van der Waals surface area (Å²) in [5.41, 5.74) is 0.611. The van der Waals surface area contributed by atoms with Crippen molar-refractivity contribution in [2.45, 2.75) is 13.1 Å². The third kappa shape index (κ3) is 2.73. The Bertz CT molecular complexity index is 888. The monoisotopic (exact) mass is 316 g/mol. The van der Waals surface area contributed by atoms with Gasteiger partial charge in [-0.1, -0.05) is 42.5 Å². The molecule has 0 aliphatic heterocycles. The van der Waals surface area contributed by atoms with Crippen LogP contribution in [0.15, 0.2) is 48.5 Å². The number of phenolic OH excluding ortho intramolecular Hbond substituents is 1. The van der Waals surface area contributed by atoms with Gasteiger partial charge in [-0.3, -0.25) is 4.57 Å². The molecule has 0 bridgehead atoms. The highest BCUT2D eigenvalue weighted by Crippen LogP contribution is 2.48. The molecule has 1 atom stereocenters. The van der Waals surface area contributed by atoms with Gasteiger partial charge in [0.05, 0.1) is 12.8 Å². The fourth-order valence-corrected chi connectivity index (χ4v) is 3.95. The average molecular weight is 316 g/mol. The van der Waals surface area contributed by atoms with Crippen LogP contribution in [0.5, 0.6) is 5.75 Å². The average Bonchev–Trinajstić information content (AvgIpc) is 2.47. The summed E-state index contributed by atoms with van der Waals surface area (Å²) in [7, 11) is -3.71. The van der Waals surface area contributed by atoms with Crippen molar-refractivity contribution in [1.82, 2.24) is 0 Å². The lowest BCUT2D eigenvalue weighted by Crippen LogP contribution is -1.95. The quantitative estimate of drug-likeness (QED) is 0.552. The zero-order valence-electron chi connectivity index (χ0n) is 12.2. The second-order valence-electron chi connectivity index (χ2n) is 5.17. The van der Waals surface area contributed by atoms with Crippen LogP contribution in [0.4, 0.5) is 0 Å². The number of fused-ring (bicyclic) bond motifs is 2. The number of rotatable bonds is 4. The molecule has 4 nitrogen and oxygen atoms in total. The standard InChI is InChI=1S/C17H17O4P/c1-2-21-22(19,20)11-14-8-5-7-13-10-12-6-3-4-9-15(12)17(18)16(13)14/h3-10,18H,2,11H2,1H3,(H,19,20). The Balaban J connectivity index is 2.23. The molecule has 0 spiro atoms. The third-order valence-electron chi connectivity index (χ3n) is 3.65. The molecular weight excluding hydrogens is 299 g/mol. The maximum Gasteiger partial charge on any atom is 0.332 e. The van der Waals surface area contributed by atoms with E-state index in [0.29, 0.717) is 10.9 Å². The summed E-state index contributed by atoms with van der Waals surface area (Å²) in [5, 5.41) is 13.7. The van der Waals surface area contributed by atoms with Gasteiger partial charge in [0.1, 0.15) is 5.75 Å². The van der Waals surface area contributed by atoms with Crippen LogP contribution in [0.2, 0.25) is 0 Å². The molecule has 3 rings (SSSR count). The lowest BCUT2D eigenvalue weighted by molar-refractivity contribution is 0.273. The van der Waals surface area contributed by atoms with Gasteiger partial charge < -0.3 is 14.5 Å². The van der Waals surface area contributed by atoms with Crippen molar-refractivity contribution in [1.29, 1.82) is 0 Å². The summed E-state index contributed by atoms with van der Waals surface area (Å²) in [6.45, 7) is 1.85. The molecule has 3 aromatic carbocycles. The van der Waals surface area contributed by atoms with Gasteiger partial charge in [-0.15, -0.1) is 0 Å². The molecule has 0 aromatic heterocycles. The van der Waals surface area contributed by atoms with Crippen molar-refractivity contribution in [3.8, 4) is 5.75 Å². The second kappa shape index (κ2) is 5.73. The van der Waals surface area contributed by atoms with Crippen LogP contribution in [0.1, 0.15) is 12.5 Å². The van der Waals surface area contributed by atoms with E-state index in [2.05, 4.69) is 0 Å². The Hall–Kier alpha value is -1.87. The van der Waals surface area contributed by atoms with Gasteiger partial charge in [-0.2, -0.15) is 0 Å². The van der Waals surface area contributed by atoms with E-state index < -0.39 is 7.60 Å². The van der Waals surface area contributed by atoms with Gasteiger partial charge in [0.15, 0.2) is 0 Å². The Morgan fingerprint density at radius 2 is 1.82 bits per heavy atom. The largest absolute Gasteiger partial charge is 0.507 e. The van der Waals surface area contributed by atoms with Crippen molar-refractivity contribution in [3.63, 3.8) is 0 Å². The van der Waals surface area contributed by atoms with Gasteiger partial charge >= 0.3 is 7.60 Å². The highest BCUT2D eigenvalue weighted by atomic mass is 31.2. The van der Waals surface area contributed by atoms with E-state index in [1.807, 2.05) is 42.5 Å². The zero-order valence-corrected chi connectivity index (χ0v) is 13.1. The molecule has 0 radical (unpaired) electrons. The molecule has 0 aliphatic carbocycles. The molecule has 0 saturated carbocycles. The first-order valence-electron chi connectivity index (χ1n) is 7.10. The zero-order chi connectivity index (χ0) is 15.7. The Kier molecular flexibility index (Phi) is 3.92. The lowest BCUT2D eigenvalue weighted by Gasteiger charge is -2.14. The Labute approximate surface area is 128 Å². The van der Waals surface area contributed by atoms with E-state index in [1.54, 1.807) is 13.0 Å². The predicted octanol–water partition coefficient (Wildman–Crippen LogP) is 4.42. The smallest absolute Gasteiger partial charge is 0.332 e. The van der Waals surface area contributed by atoms with Crippen molar-refractivity contribution >= 4 is 29.1 Å². The Morgan fingerprint density at radius 1 is 1.09 bits per heavy atom. The van der Waals surface area contributed by atoms with E-state index in [-0.39, 0.29) is 18.5 Å². The van der Waals surface area contributed by atoms with Crippen LogP contribution in [0.25, 0.3) is 21.5 Å². The number of aromatic hydroxyl groups is 1. The first kappa shape index (κ1) is 15.0. The summed E-state index contributed by atoms with van der Waals surface area (Å²) >= 11 is 0. The first-order chi connectivity index (χ1) is 10.5. The van der Waals surface area contributed by atoms with Gasteiger partial charge in [0, 0.05) is 10.8 Å². The van der Waals surface area contributed by atoms with Crippen LogP contribution < -0.4 is 0 Å². The molecule has 3 aromatic rings. The minimum Gasteiger partial charge on any atom is -0.507 e. The lowest BCUT2D eigenvalue weighted by atomic mass is 9.99. The second-order valence-corrected chi connectivity index (χ2v) is 7.02. The molecule has 22 heavy (non-hydrogen) atoms. The molecule has 0 saturated heterocycles. The van der Waals surface area contributed by atoms with Crippen molar-refractivity contribution in [2.24, 2.45) is 0 Å². The Morgan fingerprint density at radius 3 is 2.59 bits per heavy atom. The molecule has 0 aliphatic rings. The fraction of sp³-hybridized carbons (Fsp3) is 0.176. The van der Waals surface area contributed by atoms with Crippen LogP contribution in [-0.4, -0.2) is 16.6 Å². The summed E-state index contributed by atoms with van der Waals surface area (Å²) < 4.78 is 17.0. The number of phenols is 1. The molecule has 114 valence electrons. The topological polar surface area (TPSA) is 66.8 Å². The van der Waals surface area contributed by atoms with Crippen LogP contribution in [-0.2, 0) is 15.3 Å². The molecule has 0 amide bonds. The molecule has 0 fully saturated rings.